The molecule has 1 aliphatic heterocycles. The second-order valence-electron chi connectivity index (χ2n) is 5.24. The van der Waals surface area contributed by atoms with Crippen LogP contribution in [0.25, 0.3) is 0 Å². The van der Waals surface area contributed by atoms with Crippen molar-refractivity contribution < 1.29 is 8.42 Å². The molecule has 0 bridgehead atoms. The fourth-order valence-corrected chi connectivity index (χ4v) is 4.67. The highest BCUT2D eigenvalue weighted by Gasteiger charge is 2.37. The Morgan fingerprint density at radius 1 is 1.48 bits per heavy atom. The van der Waals surface area contributed by atoms with Crippen molar-refractivity contribution in [1.82, 2.24) is 19.9 Å². The Morgan fingerprint density at radius 3 is 2.90 bits per heavy atom. The van der Waals surface area contributed by atoms with E-state index in [1.54, 1.807) is 29.1 Å². The van der Waals surface area contributed by atoms with E-state index < -0.39 is 9.84 Å². The summed E-state index contributed by atoms with van der Waals surface area (Å²) in [4.78, 5) is 2.37. The van der Waals surface area contributed by atoms with Crippen LogP contribution in [-0.4, -0.2) is 41.1 Å². The molecular formula is C13H15ClN4O2S. The number of hydrogen-bond acceptors (Lipinski definition) is 5. The normalized spacial score (nSPS) is 19.9. The molecule has 1 atom stereocenters. The lowest BCUT2D eigenvalue weighted by atomic mass is 10.1. The van der Waals surface area contributed by atoms with Crippen molar-refractivity contribution in [2.24, 2.45) is 7.05 Å². The van der Waals surface area contributed by atoms with Crippen molar-refractivity contribution in [3.63, 3.8) is 0 Å². The number of rotatable bonds is 3. The van der Waals surface area contributed by atoms with Gasteiger partial charge >= 0.3 is 0 Å². The third-order valence-electron chi connectivity index (χ3n) is 3.79. The maximum Gasteiger partial charge on any atom is 0.180 e. The van der Waals surface area contributed by atoms with Gasteiger partial charge in [0.1, 0.15) is 0 Å². The van der Waals surface area contributed by atoms with Crippen LogP contribution in [0.2, 0.25) is 5.02 Å². The molecule has 2 aromatic rings. The quantitative estimate of drug-likeness (QED) is 0.853. The van der Waals surface area contributed by atoms with Crippen LogP contribution >= 0.6 is 11.6 Å². The zero-order chi connectivity index (χ0) is 15.2. The molecule has 8 heteroatoms. The highest BCUT2D eigenvalue weighted by molar-refractivity contribution is 7.91. The summed E-state index contributed by atoms with van der Waals surface area (Å²) in [6.45, 7) is 0.565. The average molecular weight is 327 g/mol. The maximum atomic E-state index is 12.2. The average Bonchev–Trinajstić information content (AvgIpc) is 2.92. The zero-order valence-electron chi connectivity index (χ0n) is 11.7. The molecule has 112 valence electrons. The maximum absolute atomic E-state index is 12.2. The Kier molecular flexibility index (Phi) is 3.51. The van der Waals surface area contributed by atoms with Crippen molar-refractivity contribution in [3.05, 3.63) is 40.7 Å². The van der Waals surface area contributed by atoms with Crippen molar-refractivity contribution >= 4 is 21.4 Å². The van der Waals surface area contributed by atoms with E-state index in [0.29, 0.717) is 16.5 Å². The van der Waals surface area contributed by atoms with Crippen LogP contribution in [0.5, 0.6) is 0 Å². The topological polar surface area (TPSA) is 68.1 Å². The molecule has 3 rings (SSSR count). The Hall–Kier alpha value is -1.44. The molecule has 0 spiro atoms. The fraction of sp³-hybridized carbons (Fsp3) is 0.385. The van der Waals surface area contributed by atoms with Gasteiger partial charge in [0, 0.05) is 18.6 Å². The van der Waals surface area contributed by atoms with E-state index >= 15 is 0 Å². The minimum atomic E-state index is -3.24. The number of hydrogen-bond donors (Lipinski definition) is 0. The van der Waals surface area contributed by atoms with Crippen LogP contribution in [0.3, 0.4) is 0 Å². The lowest BCUT2D eigenvalue weighted by Gasteiger charge is -2.23. The summed E-state index contributed by atoms with van der Waals surface area (Å²) in [5.41, 5.74) is 1.69. The summed E-state index contributed by atoms with van der Waals surface area (Å²) in [5, 5.41) is 8.27. The predicted octanol–water partition coefficient (Wildman–Crippen LogP) is 1.43. The van der Waals surface area contributed by atoms with Crippen LogP contribution in [0, 0.1) is 0 Å². The Bertz CT molecular complexity index is 787. The molecule has 0 N–H and O–H groups in total. The molecule has 0 aliphatic carbocycles. The summed E-state index contributed by atoms with van der Waals surface area (Å²) in [5.74, 6) is 0.0739. The minimum absolute atomic E-state index is 0.0739. The summed E-state index contributed by atoms with van der Waals surface area (Å²) < 4.78 is 26.2. The number of benzene rings is 1. The van der Waals surface area contributed by atoms with Gasteiger partial charge in [0.15, 0.2) is 9.84 Å². The van der Waals surface area contributed by atoms with Crippen LogP contribution in [0.1, 0.15) is 17.3 Å². The van der Waals surface area contributed by atoms with E-state index in [-0.39, 0.29) is 11.8 Å². The lowest BCUT2D eigenvalue weighted by Crippen LogP contribution is -2.26. The number of fused-ring (bicyclic) bond motifs is 1. The summed E-state index contributed by atoms with van der Waals surface area (Å²) >= 11 is 6.02. The van der Waals surface area contributed by atoms with Gasteiger partial charge in [0.25, 0.3) is 0 Å². The Balaban J connectivity index is 1.94. The molecule has 1 aromatic carbocycles. The fourth-order valence-electron chi connectivity index (χ4n) is 2.63. The first kappa shape index (κ1) is 14.5. The smallest absolute Gasteiger partial charge is 0.180 e. The third-order valence-corrected chi connectivity index (χ3v) is 5.83. The van der Waals surface area contributed by atoms with Crippen molar-refractivity contribution in [2.45, 2.75) is 17.5 Å². The van der Waals surface area contributed by atoms with Crippen LogP contribution in [0.15, 0.2) is 29.3 Å². The van der Waals surface area contributed by atoms with Crippen molar-refractivity contribution in [3.8, 4) is 0 Å². The second-order valence-corrected chi connectivity index (χ2v) is 7.68. The molecule has 0 amide bonds. The van der Waals surface area contributed by atoms with Gasteiger partial charge < -0.3 is 0 Å². The molecule has 2 heterocycles. The van der Waals surface area contributed by atoms with Crippen molar-refractivity contribution in [2.75, 3.05) is 12.8 Å². The summed E-state index contributed by atoms with van der Waals surface area (Å²) in [6, 6.07) is 4.74. The van der Waals surface area contributed by atoms with Gasteiger partial charge in [-0.05, 0) is 30.8 Å². The van der Waals surface area contributed by atoms with E-state index in [1.165, 1.54) is 0 Å². The Morgan fingerprint density at radius 2 is 2.24 bits per heavy atom. The second kappa shape index (κ2) is 5.08. The van der Waals surface area contributed by atoms with E-state index in [2.05, 4.69) is 10.3 Å². The number of halogens is 1. The van der Waals surface area contributed by atoms with E-state index in [4.69, 9.17) is 11.6 Å². The number of aromatic nitrogens is 3. The van der Waals surface area contributed by atoms with Gasteiger partial charge in [-0.1, -0.05) is 16.8 Å². The first-order valence-electron chi connectivity index (χ1n) is 6.44. The lowest BCUT2D eigenvalue weighted by molar-refractivity contribution is 0.250. The first-order chi connectivity index (χ1) is 9.88. The molecule has 6 nitrogen and oxygen atoms in total. The number of aryl methyl sites for hydroxylation is 1. The standard InChI is InChI=1S/C13H15ClN4O2S/c1-17(7-10-6-15-16-18(10)2)12-8-21(19,20)13-4-3-9(14)5-11(12)13/h3-6,12H,7-8H2,1-2H3/t12-/m0/s1. The Labute approximate surface area is 128 Å². The van der Waals surface area contributed by atoms with E-state index in [0.717, 1.165) is 11.3 Å². The molecule has 0 saturated carbocycles. The largest absolute Gasteiger partial charge is 0.292 e. The molecule has 1 aliphatic rings. The zero-order valence-corrected chi connectivity index (χ0v) is 13.3. The first-order valence-corrected chi connectivity index (χ1v) is 8.47. The molecule has 0 saturated heterocycles. The van der Waals surface area contributed by atoms with Crippen LogP contribution in [-0.2, 0) is 23.4 Å². The molecule has 1 aromatic heterocycles. The predicted molar refractivity (Wildman–Crippen MR) is 78.7 cm³/mol. The van der Waals surface area contributed by atoms with Crippen molar-refractivity contribution in [1.29, 1.82) is 0 Å². The highest BCUT2D eigenvalue weighted by atomic mass is 35.5. The van der Waals surface area contributed by atoms with Gasteiger partial charge in [-0.3, -0.25) is 9.58 Å². The third kappa shape index (κ3) is 2.56. The molecule has 0 fully saturated rings. The highest BCUT2D eigenvalue weighted by Crippen LogP contribution is 2.38. The molecule has 21 heavy (non-hydrogen) atoms. The SMILES string of the molecule is CN(Cc1cnnn1C)[C@H]1CS(=O)(=O)c2ccc(Cl)cc21. The monoisotopic (exact) mass is 326 g/mol. The summed E-state index contributed by atoms with van der Waals surface area (Å²) in [6.07, 6.45) is 1.68. The minimum Gasteiger partial charge on any atom is -0.292 e. The van der Waals surface area contributed by atoms with Gasteiger partial charge in [-0.25, -0.2) is 8.42 Å². The van der Waals surface area contributed by atoms with Crippen LogP contribution < -0.4 is 0 Å². The number of sulfone groups is 1. The van der Waals surface area contributed by atoms with E-state index in [9.17, 15) is 8.42 Å². The molecular weight excluding hydrogens is 312 g/mol. The molecule has 0 radical (unpaired) electrons. The van der Waals surface area contributed by atoms with Crippen LogP contribution in [0.4, 0.5) is 0 Å². The van der Waals surface area contributed by atoms with E-state index in [1.807, 2.05) is 19.0 Å². The molecule has 0 unspecified atom stereocenters. The summed E-state index contributed by atoms with van der Waals surface area (Å²) in [7, 11) is 0.460. The number of nitrogens with zero attached hydrogens (tertiary/aromatic N) is 4. The van der Waals surface area contributed by atoms with Gasteiger partial charge in [-0.15, -0.1) is 5.10 Å². The van der Waals surface area contributed by atoms with Gasteiger partial charge in [0.2, 0.25) is 0 Å². The van der Waals surface area contributed by atoms with Gasteiger partial charge in [0.05, 0.1) is 28.6 Å². The van der Waals surface area contributed by atoms with Gasteiger partial charge in [-0.2, -0.15) is 0 Å².